The fraction of sp³-hybridized carbons (Fsp3) is 0.409. The van der Waals surface area contributed by atoms with Crippen molar-refractivity contribution in [2.24, 2.45) is 0 Å². The van der Waals surface area contributed by atoms with Crippen LogP contribution in [0, 0.1) is 0 Å². The number of fused-ring (bicyclic) bond motifs is 1. The van der Waals surface area contributed by atoms with Gasteiger partial charge in [0.1, 0.15) is 0 Å². The van der Waals surface area contributed by atoms with Gasteiger partial charge in [0, 0.05) is 37.6 Å². The molecule has 30 heavy (non-hydrogen) atoms. The zero-order valence-electron chi connectivity index (χ0n) is 17.4. The van der Waals surface area contributed by atoms with Crippen LogP contribution < -0.4 is 10.6 Å². The second-order valence-electron chi connectivity index (χ2n) is 7.87. The maximum Gasteiger partial charge on any atom is 0.319 e. The number of aromatic nitrogens is 3. The van der Waals surface area contributed by atoms with Gasteiger partial charge in [0.05, 0.1) is 30.8 Å². The molecule has 0 aliphatic carbocycles. The Morgan fingerprint density at radius 2 is 2.10 bits per heavy atom. The molecule has 2 amide bonds. The lowest BCUT2D eigenvalue weighted by molar-refractivity contribution is -0.0285. The van der Waals surface area contributed by atoms with Crippen molar-refractivity contribution in [3.63, 3.8) is 0 Å². The highest BCUT2D eigenvalue weighted by atomic mass is 16.5. The van der Waals surface area contributed by atoms with Gasteiger partial charge in [-0.25, -0.2) is 14.5 Å². The van der Waals surface area contributed by atoms with Crippen LogP contribution in [0.25, 0.3) is 11.0 Å². The van der Waals surface area contributed by atoms with Crippen molar-refractivity contribution in [3.05, 3.63) is 54.4 Å². The van der Waals surface area contributed by atoms with Gasteiger partial charge in [0.15, 0.2) is 5.65 Å². The van der Waals surface area contributed by atoms with Crippen LogP contribution in [0.5, 0.6) is 0 Å². The van der Waals surface area contributed by atoms with Gasteiger partial charge in [-0.3, -0.25) is 4.90 Å². The van der Waals surface area contributed by atoms with Crippen LogP contribution in [0.15, 0.2) is 48.8 Å². The van der Waals surface area contributed by atoms with E-state index in [0.29, 0.717) is 18.8 Å². The van der Waals surface area contributed by atoms with Crippen molar-refractivity contribution in [2.75, 3.05) is 31.6 Å². The average Bonchev–Trinajstić information content (AvgIpc) is 3.17. The van der Waals surface area contributed by atoms with Crippen LogP contribution in [-0.2, 0) is 11.3 Å². The number of benzene rings is 1. The van der Waals surface area contributed by atoms with Crippen molar-refractivity contribution < 1.29 is 9.53 Å². The first kappa shape index (κ1) is 20.3. The molecule has 2 aromatic heterocycles. The van der Waals surface area contributed by atoms with Crippen molar-refractivity contribution in [2.45, 2.75) is 32.5 Å². The molecule has 1 saturated heterocycles. The molecule has 0 radical (unpaired) electrons. The fourth-order valence-electron chi connectivity index (χ4n) is 3.66. The maximum absolute atomic E-state index is 12.3. The molecule has 1 atom stereocenters. The number of carbonyl (C=O) groups excluding carboxylic acids is 1. The Balaban J connectivity index is 1.27. The fourth-order valence-corrected chi connectivity index (χ4v) is 3.66. The third kappa shape index (κ3) is 4.95. The maximum atomic E-state index is 12.3. The lowest BCUT2D eigenvalue weighted by Crippen LogP contribution is -2.47. The monoisotopic (exact) mass is 408 g/mol. The highest BCUT2D eigenvalue weighted by Gasteiger charge is 2.21. The first-order valence-corrected chi connectivity index (χ1v) is 10.3. The number of ether oxygens (including phenoxy) is 1. The Labute approximate surface area is 176 Å². The van der Waals surface area contributed by atoms with E-state index >= 15 is 0 Å². The van der Waals surface area contributed by atoms with Crippen LogP contribution in [0.2, 0.25) is 0 Å². The van der Waals surface area contributed by atoms with Gasteiger partial charge in [-0.05, 0) is 25.5 Å². The summed E-state index contributed by atoms with van der Waals surface area (Å²) in [6, 6.07) is 12.2. The summed E-state index contributed by atoms with van der Waals surface area (Å²) >= 11 is 0. The van der Waals surface area contributed by atoms with Gasteiger partial charge >= 0.3 is 6.03 Å². The summed E-state index contributed by atoms with van der Waals surface area (Å²) in [6.45, 7) is 7.82. The molecular weight excluding hydrogens is 380 g/mol. The topological polar surface area (TPSA) is 84.3 Å². The minimum absolute atomic E-state index is 0.0295. The lowest BCUT2D eigenvalue weighted by Gasteiger charge is -2.33. The highest BCUT2D eigenvalue weighted by Crippen LogP contribution is 2.19. The second-order valence-corrected chi connectivity index (χ2v) is 7.87. The molecular formula is C22H28N6O2. The van der Waals surface area contributed by atoms with Gasteiger partial charge in [-0.2, -0.15) is 5.10 Å². The van der Waals surface area contributed by atoms with Gasteiger partial charge in [-0.1, -0.05) is 30.3 Å². The van der Waals surface area contributed by atoms with E-state index in [1.165, 1.54) is 5.56 Å². The highest BCUT2D eigenvalue weighted by molar-refractivity contribution is 5.91. The molecule has 1 aliphatic heterocycles. The summed E-state index contributed by atoms with van der Waals surface area (Å²) in [7, 11) is 0. The molecule has 1 aliphatic rings. The molecule has 3 aromatic rings. The number of urea groups is 1. The van der Waals surface area contributed by atoms with Crippen LogP contribution >= 0.6 is 0 Å². The summed E-state index contributed by atoms with van der Waals surface area (Å²) < 4.78 is 7.68. The van der Waals surface area contributed by atoms with Crippen LogP contribution in [0.1, 0.15) is 25.5 Å². The van der Waals surface area contributed by atoms with E-state index in [9.17, 15) is 4.79 Å². The van der Waals surface area contributed by atoms with E-state index < -0.39 is 0 Å². The summed E-state index contributed by atoms with van der Waals surface area (Å²) in [5.74, 6) is 0. The van der Waals surface area contributed by atoms with Crippen LogP contribution in [0.4, 0.5) is 10.5 Å². The van der Waals surface area contributed by atoms with E-state index in [1.807, 2.05) is 16.8 Å². The molecule has 1 fully saturated rings. The minimum atomic E-state index is -0.267. The number of morpholine rings is 1. The number of nitrogens with zero attached hydrogens (tertiary/aromatic N) is 4. The van der Waals surface area contributed by atoms with Crippen molar-refractivity contribution in [3.8, 4) is 0 Å². The number of rotatable bonds is 6. The van der Waals surface area contributed by atoms with Gasteiger partial charge in [-0.15, -0.1) is 0 Å². The summed E-state index contributed by atoms with van der Waals surface area (Å²) in [5, 5.41) is 11.0. The Bertz CT molecular complexity index is 988. The predicted octanol–water partition coefficient (Wildman–Crippen LogP) is 3.03. The third-order valence-electron chi connectivity index (χ3n) is 5.14. The Morgan fingerprint density at radius 3 is 2.90 bits per heavy atom. The molecule has 0 bridgehead atoms. The van der Waals surface area contributed by atoms with Crippen molar-refractivity contribution in [1.29, 1.82) is 0 Å². The van der Waals surface area contributed by atoms with Gasteiger partial charge < -0.3 is 15.4 Å². The molecule has 2 N–H and O–H groups in total. The van der Waals surface area contributed by atoms with E-state index in [-0.39, 0.29) is 18.2 Å². The third-order valence-corrected chi connectivity index (χ3v) is 5.14. The van der Waals surface area contributed by atoms with E-state index in [1.54, 1.807) is 12.4 Å². The molecule has 8 heteroatoms. The largest absolute Gasteiger partial charge is 0.374 e. The van der Waals surface area contributed by atoms with Crippen molar-refractivity contribution >= 4 is 22.8 Å². The van der Waals surface area contributed by atoms with Crippen LogP contribution in [0.3, 0.4) is 0 Å². The molecule has 0 unspecified atom stereocenters. The molecule has 3 heterocycles. The van der Waals surface area contributed by atoms with Gasteiger partial charge in [0.25, 0.3) is 0 Å². The number of anilines is 1. The van der Waals surface area contributed by atoms with E-state index in [0.717, 1.165) is 30.7 Å². The SMILES string of the molecule is CC(C)n1ncc2cc(NC(=O)NC[C@@H]3CN(Cc4ccccc4)CCO3)cnc21. The molecule has 1 aromatic carbocycles. The molecule has 158 valence electrons. The average molecular weight is 409 g/mol. The zero-order chi connectivity index (χ0) is 20.9. The predicted molar refractivity (Wildman–Crippen MR) is 116 cm³/mol. The Hall–Kier alpha value is -2.97. The Kier molecular flexibility index (Phi) is 6.25. The lowest BCUT2D eigenvalue weighted by atomic mass is 10.2. The summed E-state index contributed by atoms with van der Waals surface area (Å²) in [4.78, 5) is 19.1. The summed E-state index contributed by atoms with van der Waals surface area (Å²) in [5.41, 5.74) is 2.73. The standard InChI is InChI=1S/C22H28N6O2/c1-16(2)28-21-18(11-25-28)10-19(12-23-21)26-22(29)24-13-20-15-27(8-9-30-20)14-17-6-4-3-5-7-17/h3-7,10-12,16,20H,8-9,13-15H2,1-2H3,(H2,24,26,29)/t20-/m1/s1. The molecule has 0 spiro atoms. The first-order valence-electron chi connectivity index (χ1n) is 10.3. The quantitative estimate of drug-likeness (QED) is 0.655. The number of hydrogen-bond donors (Lipinski definition) is 2. The number of nitrogens with one attached hydrogen (secondary N) is 2. The summed E-state index contributed by atoms with van der Waals surface area (Å²) in [6.07, 6.45) is 3.39. The Morgan fingerprint density at radius 1 is 1.27 bits per heavy atom. The second kappa shape index (κ2) is 9.23. The number of pyridine rings is 1. The molecule has 0 saturated carbocycles. The molecule has 4 rings (SSSR count). The van der Waals surface area contributed by atoms with Gasteiger partial charge in [0.2, 0.25) is 0 Å². The van der Waals surface area contributed by atoms with Crippen LogP contribution in [-0.4, -0.2) is 58.0 Å². The zero-order valence-corrected chi connectivity index (χ0v) is 17.4. The number of hydrogen-bond acceptors (Lipinski definition) is 5. The number of carbonyl (C=O) groups is 1. The molecule has 8 nitrogen and oxygen atoms in total. The van der Waals surface area contributed by atoms with Crippen molar-refractivity contribution in [1.82, 2.24) is 25.0 Å². The number of amides is 2. The van der Waals surface area contributed by atoms with E-state index in [4.69, 9.17) is 4.74 Å². The first-order chi connectivity index (χ1) is 14.6. The minimum Gasteiger partial charge on any atom is -0.374 e. The normalized spacial score (nSPS) is 17.4. The smallest absolute Gasteiger partial charge is 0.319 e. The van der Waals surface area contributed by atoms with E-state index in [2.05, 4.69) is 63.7 Å².